The molecule has 138 valence electrons. The van der Waals surface area contributed by atoms with Crippen LogP contribution in [0.25, 0.3) is 0 Å². The van der Waals surface area contributed by atoms with Crippen molar-refractivity contribution in [3.8, 4) is 5.75 Å². The van der Waals surface area contributed by atoms with Crippen LogP contribution in [0.15, 0.2) is 24.3 Å². The van der Waals surface area contributed by atoms with E-state index in [9.17, 15) is 4.79 Å². The second-order valence-electron chi connectivity index (χ2n) is 7.44. The Labute approximate surface area is 150 Å². The average Bonchev–Trinajstić information content (AvgIpc) is 2.65. The van der Waals surface area contributed by atoms with E-state index in [1.165, 1.54) is 18.4 Å². The summed E-state index contributed by atoms with van der Waals surface area (Å²) in [6.45, 7) is 5.26. The number of carbonyl (C=O) groups is 1. The molecular formula is C20H30N2O3. The van der Waals surface area contributed by atoms with Crippen LogP contribution in [-0.2, 0) is 16.1 Å². The van der Waals surface area contributed by atoms with Crippen molar-refractivity contribution in [3.63, 3.8) is 0 Å². The van der Waals surface area contributed by atoms with E-state index in [0.29, 0.717) is 5.41 Å². The summed E-state index contributed by atoms with van der Waals surface area (Å²) in [5.41, 5.74) is 1.75. The van der Waals surface area contributed by atoms with Crippen LogP contribution < -0.4 is 4.74 Å². The second-order valence-corrected chi connectivity index (χ2v) is 7.44. The van der Waals surface area contributed by atoms with E-state index in [-0.39, 0.29) is 12.5 Å². The number of amides is 1. The Balaban J connectivity index is 1.48. The summed E-state index contributed by atoms with van der Waals surface area (Å²) < 4.78 is 10.3. The molecule has 0 aromatic heterocycles. The fourth-order valence-electron chi connectivity index (χ4n) is 4.16. The van der Waals surface area contributed by atoms with Gasteiger partial charge in [0.2, 0.25) is 5.91 Å². The molecule has 1 spiro atoms. The number of nitrogens with zero attached hydrogens (tertiary/aromatic N) is 2. The largest absolute Gasteiger partial charge is 0.497 e. The first-order chi connectivity index (χ1) is 12.1. The Morgan fingerprint density at radius 1 is 1.08 bits per heavy atom. The molecule has 25 heavy (non-hydrogen) atoms. The number of benzene rings is 1. The van der Waals surface area contributed by atoms with E-state index in [4.69, 9.17) is 9.47 Å². The van der Waals surface area contributed by atoms with E-state index in [2.05, 4.69) is 23.1 Å². The summed E-state index contributed by atoms with van der Waals surface area (Å²) in [5, 5.41) is 0. The number of likely N-dealkylation sites (tertiary alicyclic amines) is 2. The molecule has 0 bridgehead atoms. The van der Waals surface area contributed by atoms with Gasteiger partial charge in [-0.15, -0.1) is 0 Å². The van der Waals surface area contributed by atoms with Crippen LogP contribution >= 0.6 is 0 Å². The number of hydrogen-bond acceptors (Lipinski definition) is 4. The number of ether oxygens (including phenoxy) is 2. The quantitative estimate of drug-likeness (QED) is 0.822. The number of methoxy groups -OCH3 is 2. The highest BCUT2D eigenvalue weighted by molar-refractivity contribution is 5.77. The standard InChI is InChI=1S/C20H30N2O3/c1-24-16-19(23)22-12-8-20(9-13-22)6-10-21(11-7-20)15-17-4-3-5-18(14-17)25-2/h3-5,14H,6-13,15-16H2,1-2H3. The molecule has 1 amide bonds. The number of rotatable bonds is 5. The van der Waals surface area contributed by atoms with Crippen LogP contribution in [0, 0.1) is 5.41 Å². The van der Waals surface area contributed by atoms with E-state index >= 15 is 0 Å². The first kappa shape index (κ1) is 18.2. The second kappa shape index (κ2) is 8.19. The minimum absolute atomic E-state index is 0.132. The van der Waals surface area contributed by atoms with Crippen molar-refractivity contribution < 1.29 is 14.3 Å². The molecule has 0 saturated carbocycles. The molecule has 2 saturated heterocycles. The van der Waals surface area contributed by atoms with Crippen molar-refractivity contribution in [1.29, 1.82) is 0 Å². The molecule has 0 aliphatic carbocycles. The van der Waals surface area contributed by atoms with Crippen molar-refractivity contribution in [1.82, 2.24) is 9.80 Å². The maximum absolute atomic E-state index is 12.0. The van der Waals surface area contributed by atoms with Gasteiger partial charge in [0.15, 0.2) is 0 Å². The lowest BCUT2D eigenvalue weighted by Gasteiger charge is -2.47. The predicted molar refractivity (Wildman–Crippen MR) is 97.6 cm³/mol. The van der Waals surface area contributed by atoms with Gasteiger partial charge in [0.05, 0.1) is 7.11 Å². The molecule has 2 aliphatic heterocycles. The topological polar surface area (TPSA) is 42.0 Å². The smallest absolute Gasteiger partial charge is 0.248 e. The molecule has 3 rings (SSSR count). The maximum atomic E-state index is 12.0. The SMILES string of the molecule is COCC(=O)N1CCC2(CCN(Cc3cccc(OC)c3)CC2)CC1. The average molecular weight is 346 g/mol. The number of hydrogen-bond donors (Lipinski definition) is 0. The van der Waals surface area contributed by atoms with Crippen molar-refractivity contribution in [3.05, 3.63) is 29.8 Å². The Morgan fingerprint density at radius 3 is 2.40 bits per heavy atom. The van der Waals surface area contributed by atoms with Crippen LogP contribution in [0.1, 0.15) is 31.2 Å². The van der Waals surface area contributed by atoms with Crippen molar-refractivity contribution >= 4 is 5.91 Å². The minimum Gasteiger partial charge on any atom is -0.497 e. The van der Waals surface area contributed by atoms with E-state index in [1.54, 1.807) is 14.2 Å². The molecule has 0 atom stereocenters. The third kappa shape index (κ3) is 4.53. The molecule has 0 unspecified atom stereocenters. The van der Waals surface area contributed by atoms with Crippen LogP contribution in [0.2, 0.25) is 0 Å². The van der Waals surface area contributed by atoms with Crippen molar-refractivity contribution in [2.24, 2.45) is 5.41 Å². The van der Waals surface area contributed by atoms with Gasteiger partial charge in [-0.2, -0.15) is 0 Å². The first-order valence-corrected chi connectivity index (χ1v) is 9.26. The fraction of sp³-hybridized carbons (Fsp3) is 0.650. The summed E-state index contributed by atoms with van der Waals surface area (Å²) in [5.74, 6) is 1.06. The minimum atomic E-state index is 0.132. The lowest BCUT2D eigenvalue weighted by molar-refractivity contribution is -0.138. The van der Waals surface area contributed by atoms with Gasteiger partial charge in [-0.3, -0.25) is 9.69 Å². The van der Waals surface area contributed by atoms with E-state index in [0.717, 1.165) is 51.3 Å². The summed E-state index contributed by atoms with van der Waals surface area (Å²) >= 11 is 0. The van der Waals surface area contributed by atoms with Gasteiger partial charge < -0.3 is 14.4 Å². The summed E-state index contributed by atoms with van der Waals surface area (Å²) in [6, 6.07) is 8.36. The molecule has 2 fully saturated rings. The van der Waals surface area contributed by atoms with E-state index < -0.39 is 0 Å². The highest BCUT2D eigenvalue weighted by Crippen LogP contribution is 2.41. The predicted octanol–water partition coefficient (Wildman–Crippen LogP) is 2.55. The maximum Gasteiger partial charge on any atom is 0.248 e. The summed E-state index contributed by atoms with van der Waals surface area (Å²) in [7, 11) is 3.30. The molecule has 2 aliphatic rings. The highest BCUT2D eigenvalue weighted by Gasteiger charge is 2.38. The zero-order valence-electron chi connectivity index (χ0n) is 15.5. The van der Waals surface area contributed by atoms with Gasteiger partial charge in [0.25, 0.3) is 0 Å². The summed E-state index contributed by atoms with van der Waals surface area (Å²) in [4.78, 5) is 16.5. The number of piperidine rings is 2. The van der Waals surface area contributed by atoms with Crippen LogP contribution in [0.3, 0.4) is 0 Å². The Hall–Kier alpha value is -1.59. The molecule has 0 N–H and O–H groups in total. The normalized spacial score (nSPS) is 20.6. The molecule has 5 nitrogen and oxygen atoms in total. The van der Waals surface area contributed by atoms with Gasteiger partial charge >= 0.3 is 0 Å². The lowest BCUT2D eigenvalue weighted by atomic mass is 9.71. The first-order valence-electron chi connectivity index (χ1n) is 9.26. The van der Waals surface area contributed by atoms with E-state index in [1.807, 2.05) is 11.0 Å². The van der Waals surface area contributed by atoms with Crippen molar-refractivity contribution in [2.75, 3.05) is 47.0 Å². The molecule has 0 radical (unpaired) electrons. The van der Waals surface area contributed by atoms with Gasteiger partial charge in [0.1, 0.15) is 12.4 Å². The zero-order valence-corrected chi connectivity index (χ0v) is 15.5. The zero-order chi connectivity index (χ0) is 17.7. The van der Waals surface area contributed by atoms with Crippen LogP contribution in [0.5, 0.6) is 5.75 Å². The fourth-order valence-corrected chi connectivity index (χ4v) is 4.16. The third-order valence-electron chi connectivity index (χ3n) is 5.90. The van der Waals surface area contributed by atoms with Gasteiger partial charge in [-0.25, -0.2) is 0 Å². The third-order valence-corrected chi connectivity index (χ3v) is 5.90. The van der Waals surface area contributed by atoms with Gasteiger partial charge in [-0.05, 0) is 61.9 Å². The summed E-state index contributed by atoms with van der Waals surface area (Å²) in [6.07, 6.45) is 4.75. The molecule has 5 heteroatoms. The van der Waals surface area contributed by atoms with Gasteiger partial charge in [0, 0.05) is 26.7 Å². The molecule has 2 heterocycles. The number of carbonyl (C=O) groups excluding carboxylic acids is 1. The van der Waals surface area contributed by atoms with Crippen molar-refractivity contribution in [2.45, 2.75) is 32.2 Å². The molecule has 1 aromatic rings. The Morgan fingerprint density at radius 2 is 1.76 bits per heavy atom. The van der Waals surface area contributed by atoms with Crippen LogP contribution in [-0.4, -0.2) is 62.7 Å². The van der Waals surface area contributed by atoms with Crippen LogP contribution in [0.4, 0.5) is 0 Å². The monoisotopic (exact) mass is 346 g/mol. The van der Waals surface area contributed by atoms with Gasteiger partial charge in [-0.1, -0.05) is 12.1 Å². The lowest BCUT2D eigenvalue weighted by Crippen LogP contribution is -2.48. The molecule has 1 aromatic carbocycles. The highest BCUT2D eigenvalue weighted by atomic mass is 16.5. The Bertz CT molecular complexity index is 572. The Kier molecular flexibility index (Phi) is 5.97. The molecular weight excluding hydrogens is 316 g/mol.